The first kappa shape index (κ1) is 17.8. The summed E-state index contributed by atoms with van der Waals surface area (Å²) in [5.74, 6) is 1.93. The van der Waals surface area contributed by atoms with Crippen molar-refractivity contribution in [1.29, 1.82) is 0 Å². The van der Waals surface area contributed by atoms with E-state index in [0.29, 0.717) is 28.7 Å². The summed E-state index contributed by atoms with van der Waals surface area (Å²) in [6.07, 6.45) is 3.54. The fourth-order valence-corrected chi connectivity index (χ4v) is 2.79. The minimum absolute atomic E-state index is 0.359. The number of esters is 1. The van der Waals surface area contributed by atoms with E-state index in [-0.39, 0.29) is 5.97 Å². The van der Waals surface area contributed by atoms with Crippen molar-refractivity contribution in [2.45, 2.75) is 19.8 Å². The molecule has 0 amide bonds. The Morgan fingerprint density at radius 3 is 2.27 bits per heavy atom. The Morgan fingerprint density at radius 2 is 1.65 bits per heavy atom. The molecule has 0 atom stereocenters. The van der Waals surface area contributed by atoms with Crippen LogP contribution in [0.15, 0.2) is 54.1 Å². The zero-order valence-electron chi connectivity index (χ0n) is 15.4. The van der Waals surface area contributed by atoms with Gasteiger partial charge < -0.3 is 14.2 Å². The van der Waals surface area contributed by atoms with Crippen LogP contribution in [-0.4, -0.2) is 20.2 Å². The van der Waals surface area contributed by atoms with Crippen LogP contribution in [0.2, 0.25) is 0 Å². The largest absolute Gasteiger partial charge is 0.493 e. The summed E-state index contributed by atoms with van der Waals surface area (Å²) in [6, 6.07) is 13.6. The number of carbonyl (C=O) groups excluding carboxylic acids is 1. The summed E-state index contributed by atoms with van der Waals surface area (Å²) in [6.45, 7) is 4.29. The van der Waals surface area contributed by atoms with Gasteiger partial charge in [0, 0.05) is 5.56 Å². The Balaban J connectivity index is 1.89. The van der Waals surface area contributed by atoms with Crippen molar-refractivity contribution in [3.05, 3.63) is 70.8 Å². The summed E-state index contributed by atoms with van der Waals surface area (Å²) in [5, 5.41) is 0. The predicted molar refractivity (Wildman–Crippen MR) is 102 cm³/mol. The normalized spacial score (nSPS) is 15.2. The summed E-state index contributed by atoms with van der Waals surface area (Å²) in [5.41, 5.74) is 3.47. The molecule has 0 aliphatic carbocycles. The molecule has 0 saturated carbocycles. The fourth-order valence-electron chi connectivity index (χ4n) is 2.79. The van der Waals surface area contributed by atoms with Gasteiger partial charge in [-0.3, -0.25) is 0 Å². The molecular weight excluding hydrogens is 328 g/mol. The lowest BCUT2D eigenvalue weighted by atomic mass is 10.0. The monoisotopic (exact) mass is 350 g/mol. The topological polar surface area (TPSA) is 44.8 Å². The Morgan fingerprint density at radius 1 is 0.962 bits per heavy atom. The van der Waals surface area contributed by atoms with Gasteiger partial charge in [0.1, 0.15) is 5.76 Å². The second-order valence-electron chi connectivity index (χ2n) is 6.39. The first-order valence-corrected chi connectivity index (χ1v) is 8.49. The van der Waals surface area contributed by atoms with Gasteiger partial charge in [-0.15, -0.1) is 0 Å². The number of cyclic esters (lactones) is 1. The van der Waals surface area contributed by atoms with Crippen molar-refractivity contribution in [2.75, 3.05) is 14.2 Å². The van der Waals surface area contributed by atoms with E-state index in [1.54, 1.807) is 32.4 Å². The molecule has 0 N–H and O–H groups in total. The molecule has 0 radical (unpaired) electrons. The smallest absolute Gasteiger partial charge is 0.343 e. The van der Waals surface area contributed by atoms with Gasteiger partial charge in [-0.1, -0.05) is 44.2 Å². The van der Waals surface area contributed by atoms with E-state index in [0.717, 1.165) is 11.1 Å². The SMILES string of the molecule is COc1ccc(/C=C2\C=C(c3ccc(C(C)C)cc3)OC2=O)cc1OC. The van der Waals surface area contributed by atoms with Crippen LogP contribution in [0.4, 0.5) is 0 Å². The molecule has 0 fully saturated rings. The minimum Gasteiger partial charge on any atom is -0.493 e. The zero-order chi connectivity index (χ0) is 18.7. The van der Waals surface area contributed by atoms with E-state index in [2.05, 4.69) is 26.0 Å². The maximum absolute atomic E-state index is 12.2. The van der Waals surface area contributed by atoms with E-state index in [9.17, 15) is 4.79 Å². The van der Waals surface area contributed by atoms with Gasteiger partial charge in [0.15, 0.2) is 11.5 Å². The standard InChI is InChI=1S/C22H22O4/c1-14(2)16-6-8-17(9-7-16)20-13-18(22(23)26-20)11-15-5-10-19(24-3)21(12-15)25-4/h5-14H,1-4H3/b18-11+. The first-order valence-electron chi connectivity index (χ1n) is 8.49. The van der Waals surface area contributed by atoms with E-state index in [1.807, 2.05) is 24.3 Å². The molecule has 2 aromatic rings. The molecule has 1 aliphatic rings. The second kappa shape index (κ2) is 7.48. The number of ether oxygens (including phenoxy) is 3. The highest BCUT2D eigenvalue weighted by Crippen LogP contribution is 2.31. The van der Waals surface area contributed by atoms with Crippen molar-refractivity contribution in [1.82, 2.24) is 0 Å². The minimum atomic E-state index is -0.359. The predicted octanol–water partition coefficient (Wildman–Crippen LogP) is 4.81. The number of benzene rings is 2. The van der Waals surface area contributed by atoms with Gasteiger partial charge in [0.05, 0.1) is 19.8 Å². The molecule has 26 heavy (non-hydrogen) atoms. The van der Waals surface area contributed by atoms with Crippen LogP contribution in [0.1, 0.15) is 36.5 Å². The highest BCUT2D eigenvalue weighted by atomic mass is 16.5. The second-order valence-corrected chi connectivity index (χ2v) is 6.39. The molecule has 134 valence electrons. The molecule has 2 aromatic carbocycles. The number of hydrogen-bond donors (Lipinski definition) is 0. The Labute approximate surface area is 153 Å². The summed E-state index contributed by atoms with van der Waals surface area (Å²) < 4.78 is 16.0. The number of rotatable bonds is 5. The third kappa shape index (κ3) is 3.64. The van der Waals surface area contributed by atoms with Crippen molar-refractivity contribution in [2.24, 2.45) is 0 Å². The van der Waals surface area contributed by atoms with Crippen LogP contribution in [0.25, 0.3) is 11.8 Å². The van der Waals surface area contributed by atoms with E-state index >= 15 is 0 Å². The average Bonchev–Trinajstić information content (AvgIpc) is 3.02. The zero-order valence-corrected chi connectivity index (χ0v) is 15.4. The van der Waals surface area contributed by atoms with Crippen molar-refractivity contribution in [3.8, 4) is 11.5 Å². The number of methoxy groups -OCH3 is 2. The number of hydrogen-bond acceptors (Lipinski definition) is 4. The van der Waals surface area contributed by atoms with E-state index < -0.39 is 0 Å². The van der Waals surface area contributed by atoms with Gasteiger partial charge >= 0.3 is 5.97 Å². The Bertz CT molecular complexity index is 874. The van der Waals surface area contributed by atoms with Crippen LogP contribution in [0.3, 0.4) is 0 Å². The lowest BCUT2D eigenvalue weighted by Gasteiger charge is -2.07. The van der Waals surface area contributed by atoms with Gasteiger partial charge in [-0.25, -0.2) is 4.79 Å². The third-order valence-electron chi connectivity index (χ3n) is 4.32. The molecule has 0 bridgehead atoms. The van der Waals surface area contributed by atoms with E-state index in [1.165, 1.54) is 5.56 Å². The van der Waals surface area contributed by atoms with Crippen molar-refractivity contribution >= 4 is 17.8 Å². The van der Waals surface area contributed by atoms with Crippen LogP contribution in [0, 0.1) is 0 Å². The van der Waals surface area contributed by atoms with Crippen LogP contribution < -0.4 is 9.47 Å². The summed E-state index contributed by atoms with van der Waals surface area (Å²) >= 11 is 0. The molecular formula is C22H22O4. The van der Waals surface area contributed by atoms with Crippen LogP contribution in [0.5, 0.6) is 11.5 Å². The molecule has 4 heteroatoms. The molecule has 0 saturated heterocycles. The molecule has 0 unspecified atom stereocenters. The highest BCUT2D eigenvalue weighted by molar-refractivity contribution is 6.05. The van der Waals surface area contributed by atoms with Crippen LogP contribution in [-0.2, 0) is 9.53 Å². The van der Waals surface area contributed by atoms with Gasteiger partial charge in [-0.05, 0) is 41.3 Å². The number of carbonyl (C=O) groups is 1. The molecule has 1 heterocycles. The van der Waals surface area contributed by atoms with Gasteiger partial charge in [-0.2, -0.15) is 0 Å². The van der Waals surface area contributed by atoms with Crippen molar-refractivity contribution in [3.63, 3.8) is 0 Å². The molecule has 0 aromatic heterocycles. The first-order chi connectivity index (χ1) is 12.5. The summed E-state index contributed by atoms with van der Waals surface area (Å²) in [4.78, 5) is 12.2. The van der Waals surface area contributed by atoms with Gasteiger partial charge in [0.25, 0.3) is 0 Å². The third-order valence-corrected chi connectivity index (χ3v) is 4.32. The fraction of sp³-hybridized carbons (Fsp3) is 0.227. The maximum Gasteiger partial charge on any atom is 0.343 e. The van der Waals surface area contributed by atoms with Crippen molar-refractivity contribution < 1.29 is 19.0 Å². The van der Waals surface area contributed by atoms with Gasteiger partial charge in [0.2, 0.25) is 0 Å². The molecule has 4 nitrogen and oxygen atoms in total. The lowest BCUT2D eigenvalue weighted by molar-refractivity contribution is -0.130. The Kier molecular flexibility index (Phi) is 5.12. The molecule has 0 spiro atoms. The Hall–Kier alpha value is -3.01. The highest BCUT2D eigenvalue weighted by Gasteiger charge is 2.22. The van der Waals surface area contributed by atoms with E-state index in [4.69, 9.17) is 14.2 Å². The quantitative estimate of drug-likeness (QED) is 0.573. The van der Waals surface area contributed by atoms with Crippen LogP contribution >= 0.6 is 0 Å². The maximum atomic E-state index is 12.2. The average molecular weight is 350 g/mol. The summed E-state index contributed by atoms with van der Waals surface area (Å²) in [7, 11) is 3.17. The molecule has 3 rings (SSSR count). The lowest BCUT2D eigenvalue weighted by Crippen LogP contribution is -1.97. The molecule has 1 aliphatic heterocycles.